The van der Waals surface area contributed by atoms with Crippen LogP contribution in [-0.2, 0) is 16.0 Å². The highest BCUT2D eigenvalue weighted by Crippen LogP contribution is 2.23. The molecule has 0 bridgehead atoms. The Morgan fingerprint density at radius 1 is 1.29 bits per heavy atom. The molecule has 0 unspecified atom stereocenters. The Balaban J connectivity index is 3.02. The van der Waals surface area contributed by atoms with Gasteiger partial charge in [0.2, 0.25) is 5.28 Å². The van der Waals surface area contributed by atoms with Gasteiger partial charge in [0.05, 0.1) is 13.5 Å². The minimum Gasteiger partial charge on any atom is -0.469 e. The van der Waals surface area contributed by atoms with E-state index in [0.717, 1.165) is 0 Å². The van der Waals surface area contributed by atoms with Crippen molar-refractivity contribution in [3.8, 4) is 0 Å². The Kier molecular flexibility index (Phi) is 3.92. The molecular formula is C7H5Cl3N2O2. The standard InChI is InChI=1S/C7H5Cl3N2O2/c1-14-4(13)2-3-5(8)11-7(10)12-6(3)9/h2H2,1H3. The van der Waals surface area contributed by atoms with E-state index in [1.807, 2.05) is 0 Å². The van der Waals surface area contributed by atoms with Crippen molar-refractivity contribution < 1.29 is 9.53 Å². The van der Waals surface area contributed by atoms with E-state index in [0.29, 0.717) is 5.56 Å². The normalized spacial score (nSPS) is 10.0. The van der Waals surface area contributed by atoms with Crippen LogP contribution in [0.25, 0.3) is 0 Å². The molecule has 1 heterocycles. The van der Waals surface area contributed by atoms with Gasteiger partial charge in [0.25, 0.3) is 0 Å². The number of esters is 1. The Bertz CT molecular complexity index is 347. The number of carbonyl (C=O) groups is 1. The lowest BCUT2D eigenvalue weighted by atomic mass is 10.2. The van der Waals surface area contributed by atoms with Gasteiger partial charge in [0.1, 0.15) is 10.3 Å². The van der Waals surface area contributed by atoms with Crippen LogP contribution >= 0.6 is 34.8 Å². The second kappa shape index (κ2) is 4.77. The van der Waals surface area contributed by atoms with Gasteiger partial charge in [-0.2, -0.15) is 0 Å². The van der Waals surface area contributed by atoms with Gasteiger partial charge >= 0.3 is 5.97 Å². The Morgan fingerprint density at radius 3 is 2.21 bits per heavy atom. The summed E-state index contributed by atoms with van der Waals surface area (Å²) in [5.74, 6) is -0.472. The first-order valence-electron chi connectivity index (χ1n) is 3.48. The molecule has 7 heteroatoms. The van der Waals surface area contributed by atoms with Crippen LogP contribution in [0.3, 0.4) is 0 Å². The summed E-state index contributed by atoms with van der Waals surface area (Å²) in [6, 6.07) is 0. The molecule has 0 aliphatic rings. The third kappa shape index (κ3) is 2.70. The molecule has 0 amide bonds. The number of carbonyl (C=O) groups excluding carboxylic acids is 1. The number of rotatable bonds is 2. The van der Waals surface area contributed by atoms with Gasteiger partial charge in [-0.3, -0.25) is 4.79 Å². The number of hydrogen-bond acceptors (Lipinski definition) is 4. The summed E-state index contributed by atoms with van der Waals surface area (Å²) in [6.45, 7) is 0. The van der Waals surface area contributed by atoms with Crippen LogP contribution in [0.1, 0.15) is 5.56 Å². The van der Waals surface area contributed by atoms with Gasteiger partial charge in [-0.05, 0) is 11.6 Å². The molecule has 0 radical (unpaired) electrons. The molecule has 0 atom stereocenters. The lowest BCUT2D eigenvalue weighted by Crippen LogP contribution is -2.07. The van der Waals surface area contributed by atoms with Crippen molar-refractivity contribution in [1.29, 1.82) is 0 Å². The van der Waals surface area contributed by atoms with Crippen molar-refractivity contribution in [2.24, 2.45) is 0 Å². The summed E-state index contributed by atoms with van der Waals surface area (Å²) >= 11 is 16.9. The highest BCUT2D eigenvalue weighted by atomic mass is 35.5. The van der Waals surface area contributed by atoms with Gasteiger partial charge in [-0.25, -0.2) is 9.97 Å². The van der Waals surface area contributed by atoms with Crippen LogP contribution in [0.2, 0.25) is 15.6 Å². The summed E-state index contributed by atoms with van der Waals surface area (Å²) < 4.78 is 4.45. The van der Waals surface area contributed by atoms with Gasteiger partial charge in [-0.1, -0.05) is 23.2 Å². The molecule has 0 saturated carbocycles. The molecule has 0 spiro atoms. The highest BCUT2D eigenvalue weighted by Gasteiger charge is 2.14. The van der Waals surface area contributed by atoms with Gasteiger partial charge in [0, 0.05) is 5.56 Å². The number of ether oxygens (including phenoxy) is 1. The smallest absolute Gasteiger partial charge is 0.310 e. The Morgan fingerprint density at radius 2 is 1.79 bits per heavy atom. The molecule has 0 N–H and O–H groups in total. The maximum Gasteiger partial charge on any atom is 0.310 e. The fourth-order valence-corrected chi connectivity index (χ4v) is 1.55. The van der Waals surface area contributed by atoms with Crippen molar-refractivity contribution in [1.82, 2.24) is 9.97 Å². The average Bonchev–Trinajstić information content (AvgIpc) is 2.10. The number of hydrogen-bond donors (Lipinski definition) is 0. The largest absolute Gasteiger partial charge is 0.469 e. The summed E-state index contributed by atoms with van der Waals surface area (Å²) in [7, 11) is 1.26. The Labute approximate surface area is 95.2 Å². The van der Waals surface area contributed by atoms with Gasteiger partial charge in [0.15, 0.2) is 0 Å². The van der Waals surface area contributed by atoms with E-state index < -0.39 is 5.97 Å². The lowest BCUT2D eigenvalue weighted by Gasteiger charge is -2.04. The Hall–Kier alpha value is -0.580. The molecular weight excluding hydrogens is 250 g/mol. The molecule has 0 fully saturated rings. The van der Waals surface area contributed by atoms with E-state index >= 15 is 0 Å². The fraction of sp³-hybridized carbons (Fsp3) is 0.286. The van der Waals surface area contributed by atoms with E-state index in [2.05, 4.69) is 14.7 Å². The predicted octanol–water partition coefficient (Wildman–Crippen LogP) is 2.15. The number of nitrogens with zero attached hydrogens (tertiary/aromatic N) is 2. The second-order valence-electron chi connectivity index (χ2n) is 2.31. The summed E-state index contributed by atoms with van der Waals surface area (Å²) in [4.78, 5) is 18.2. The van der Waals surface area contributed by atoms with Crippen molar-refractivity contribution in [2.45, 2.75) is 6.42 Å². The van der Waals surface area contributed by atoms with Crippen molar-refractivity contribution in [3.63, 3.8) is 0 Å². The van der Waals surface area contributed by atoms with Gasteiger partial charge in [-0.15, -0.1) is 0 Å². The van der Waals surface area contributed by atoms with E-state index in [4.69, 9.17) is 34.8 Å². The molecule has 1 rings (SSSR count). The zero-order chi connectivity index (χ0) is 10.7. The zero-order valence-electron chi connectivity index (χ0n) is 7.05. The molecule has 0 aliphatic carbocycles. The third-order valence-electron chi connectivity index (χ3n) is 1.43. The third-order valence-corrected chi connectivity index (χ3v) is 2.22. The molecule has 0 aliphatic heterocycles. The first kappa shape index (κ1) is 11.5. The summed E-state index contributed by atoms with van der Waals surface area (Å²) in [5.41, 5.74) is 0.310. The maximum atomic E-state index is 10.9. The number of methoxy groups -OCH3 is 1. The number of aromatic nitrogens is 2. The maximum absolute atomic E-state index is 10.9. The lowest BCUT2D eigenvalue weighted by molar-refractivity contribution is -0.139. The molecule has 0 aromatic carbocycles. The fourth-order valence-electron chi connectivity index (χ4n) is 0.769. The SMILES string of the molecule is COC(=O)Cc1c(Cl)nc(Cl)nc1Cl. The monoisotopic (exact) mass is 254 g/mol. The molecule has 4 nitrogen and oxygen atoms in total. The van der Waals surface area contributed by atoms with Crippen molar-refractivity contribution in [2.75, 3.05) is 7.11 Å². The average molecular weight is 255 g/mol. The topological polar surface area (TPSA) is 52.1 Å². The first-order valence-corrected chi connectivity index (χ1v) is 4.62. The van der Waals surface area contributed by atoms with E-state index in [1.54, 1.807) is 0 Å². The van der Waals surface area contributed by atoms with Crippen LogP contribution in [0, 0.1) is 0 Å². The minimum atomic E-state index is -0.472. The quantitative estimate of drug-likeness (QED) is 0.462. The molecule has 76 valence electrons. The minimum absolute atomic E-state index is 0.0559. The van der Waals surface area contributed by atoms with E-state index in [-0.39, 0.29) is 22.0 Å². The predicted molar refractivity (Wildman–Crippen MR) is 52.8 cm³/mol. The first-order chi connectivity index (χ1) is 6.54. The van der Waals surface area contributed by atoms with Crippen LogP contribution < -0.4 is 0 Å². The van der Waals surface area contributed by atoms with Gasteiger partial charge < -0.3 is 4.74 Å². The van der Waals surface area contributed by atoms with E-state index in [1.165, 1.54) is 7.11 Å². The van der Waals surface area contributed by atoms with Crippen LogP contribution in [0.15, 0.2) is 0 Å². The molecule has 0 saturated heterocycles. The summed E-state index contributed by atoms with van der Waals surface area (Å²) in [5, 5.41) is 0.0504. The van der Waals surface area contributed by atoms with Crippen LogP contribution in [0.5, 0.6) is 0 Å². The van der Waals surface area contributed by atoms with Crippen molar-refractivity contribution >= 4 is 40.8 Å². The second-order valence-corrected chi connectivity index (χ2v) is 3.36. The van der Waals surface area contributed by atoms with E-state index in [9.17, 15) is 4.79 Å². The molecule has 1 aromatic heterocycles. The zero-order valence-corrected chi connectivity index (χ0v) is 9.32. The number of halogens is 3. The highest BCUT2D eigenvalue weighted by molar-refractivity contribution is 6.36. The van der Waals surface area contributed by atoms with Crippen molar-refractivity contribution in [3.05, 3.63) is 21.2 Å². The summed E-state index contributed by atoms with van der Waals surface area (Å²) in [6.07, 6.45) is -0.0780. The molecule has 1 aromatic rings. The van der Waals surface area contributed by atoms with Crippen LogP contribution in [0.4, 0.5) is 0 Å². The van der Waals surface area contributed by atoms with Crippen LogP contribution in [-0.4, -0.2) is 23.0 Å². The molecule has 14 heavy (non-hydrogen) atoms.